The van der Waals surface area contributed by atoms with Gasteiger partial charge in [0.25, 0.3) is 0 Å². The predicted molar refractivity (Wildman–Crippen MR) is 139 cm³/mol. The second-order valence-electron chi connectivity index (χ2n) is 8.01. The standard InChI is InChI=1S/C29H24N2O2S.Li.H/c32-28(33)27-30-25-18-10-11-19-26(25)31(27)20-21-34-29(22-12-4-1-5-13-22,23-14-6-2-7-15-23)24-16-8-3-9-17-24;;/h1-19H,20-21H2,(H,32,33);;/q;+1;-1. The van der Waals surface area contributed by atoms with Gasteiger partial charge in [-0.3, -0.25) is 0 Å². The molecule has 5 rings (SSSR count). The Morgan fingerprint density at radius 1 is 0.771 bits per heavy atom. The van der Waals surface area contributed by atoms with Gasteiger partial charge in [-0.1, -0.05) is 103 Å². The molecular weight excluding hydrogens is 447 g/mol. The molecule has 4 nitrogen and oxygen atoms in total. The Kier molecular flexibility index (Phi) is 7.82. The fourth-order valence-corrected chi connectivity index (χ4v) is 6.01. The number of aromatic carboxylic acids is 1. The van der Waals surface area contributed by atoms with Gasteiger partial charge in [-0.15, -0.1) is 11.8 Å². The van der Waals surface area contributed by atoms with Crippen molar-refractivity contribution in [2.75, 3.05) is 5.75 Å². The largest absolute Gasteiger partial charge is 1.00 e. The van der Waals surface area contributed by atoms with Crippen LogP contribution in [0.2, 0.25) is 0 Å². The maximum Gasteiger partial charge on any atom is 1.00 e. The number of hydrogen-bond donors (Lipinski definition) is 1. The summed E-state index contributed by atoms with van der Waals surface area (Å²) >= 11 is 1.81. The molecule has 0 saturated carbocycles. The molecule has 170 valence electrons. The van der Waals surface area contributed by atoms with Gasteiger partial charge in [0.1, 0.15) is 0 Å². The first-order chi connectivity index (χ1) is 16.7. The molecule has 0 bridgehead atoms. The summed E-state index contributed by atoms with van der Waals surface area (Å²) in [6, 6.07) is 39.1. The number of benzene rings is 4. The number of nitrogens with zero attached hydrogens (tertiary/aromatic N) is 2. The molecule has 0 unspecified atom stereocenters. The summed E-state index contributed by atoms with van der Waals surface area (Å²) in [7, 11) is 0. The van der Waals surface area contributed by atoms with Crippen LogP contribution in [-0.4, -0.2) is 26.4 Å². The first-order valence-electron chi connectivity index (χ1n) is 11.2. The molecule has 0 fully saturated rings. The van der Waals surface area contributed by atoms with Gasteiger partial charge in [-0.25, -0.2) is 9.78 Å². The van der Waals surface area contributed by atoms with Crippen LogP contribution in [0.3, 0.4) is 0 Å². The van der Waals surface area contributed by atoms with Gasteiger partial charge in [-0.05, 0) is 28.8 Å². The molecule has 1 N–H and O–H groups in total. The molecule has 35 heavy (non-hydrogen) atoms. The molecule has 1 aromatic heterocycles. The van der Waals surface area contributed by atoms with Crippen LogP contribution in [0, 0.1) is 0 Å². The van der Waals surface area contributed by atoms with E-state index >= 15 is 0 Å². The molecule has 0 atom stereocenters. The second-order valence-corrected chi connectivity index (χ2v) is 9.32. The van der Waals surface area contributed by atoms with E-state index < -0.39 is 10.7 Å². The maximum absolute atomic E-state index is 11.9. The average molecular weight is 473 g/mol. The van der Waals surface area contributed by atoms with E-state index in [2.05, 4.69) is 77.8 Å². The summed E-state index contributed by atoms with van der Waals surface area (Å²) in [5.74, 6) is -0.243. The van der Waals surface area contributed by atoms with Crippen LogP contribution >= 0.6 is 11.8 Å². The fraction of sp³-hybridized carbons (Fsp3) is 0.103. The third-order valence-corrected chi connectivity index (χ3v) is 7.55. The topological polar surface area (TPSA) is 55.1 Å². The molecule has 0 aliphatic heterocycles. The summed E-state index contributed by atoms with van der Waals surface area (Å²) in [6.07, 6.45) is 0. The van der Waals surface area contributed by atoms with Crippen LogP contribution in [0.15, 0.2) is 115 Å². The van der Waals surface area contributed by atoms with Crippen LogP contribution in [0.4, 0.5) is 0 Å². The summed E-state index contributed by atoms with van der Waals surface area (Å²) < 4.78 is 1.37. The Labute approximate surface area is 222 Å². The van der Waals surface area contributed by atoms with Gasteiger partial charge in [0.15, 0.2) is 0 Å². The van der Waals surface area contributed by atoms with Crippen molar-refractivity contribution in [2.24, 2.45) is 0 Å². The van der Waals surface area contributed by atoms with E-state index in [9.17, 15) is 9.90 Å². The molecule has 4 aromatic carbocycles. The molecule has 6 heteroatoms. The number of aromatic nitrogens is 2. The van der Waals surface area contributed by atoms with Crippen LogP contribution in [0.25, 0.3) is 11.0 Å². The van der Waals surface area contributed by atoms with Crippen molar-refractivity contribution in [3.63, 3.8) is 0 Å². The number of carbonyl (C=O) groups is 1. The molecule has 0 radical (unpaired) electrons. The molecular formula is C29H25LiN2O2S. The monoisotopic (exact) mass is 472 g/mol. The number of hydrogen-bond acceptors (Lipinski definition) is 3. The Balaban J connectivity index is 0.00000180. The van der Waals surface area contributed by atoms with Gasteiger partial charge in [0.2, 0.25) is 5.82 Å². The second kappa shape index (κ2) is 11.0. The van der Waals surface area contributed by atoms with Crippen LogP contribution in [0.5, 0.6) is 0 Å². The van der Waals surface area contributed by atoms with Crippen molar-refractivity contribution in [3.8, 4) is 0 Å². The summed E-state index contributed by atoms with van der Waals surface area (Å²) in [4.78, 5) is 16.3. The maximum atomic E-state index is 11.9. The third kappa shape index (κ3) is 4.81. The molecule has 0 aliphatic rings. The van der Waals surface area contributed by atoms with E-state index in [4.69, 9.17) is 0 Å². The molecule has 0 aliphatic carbocycles. The third-order valence-electron chi connectivity index (χ3n) is 6.02. The number of imidazole rings is 1. The van der Waals surface area contributed by atoms with Crippen molar-refractivity contribution in [2.45, 2.75) is 11.3 Å². The molecule has 0 amide bonds. The smallest absolute Gasteiger partial charge is 1.00 e. The minimum absolute atomic E-state index is 0. The van der Waals surface area contributed by atoms with Gasteiger partial charge in [0, 0.05) is 12.3 Å². The minimum atomic E-state index is -1.01. The Morgan fingerprint density at radius 2 is 1.23 bits per heavy atom. The molecule has 5 aromatic rings. The van der Waals surface area contributed by atoms with Crippen LogP contribution < -0.4 is 18.9 Å². The van der Waals surface area contributed by atoms with Crippen molar-refractivity contribution in [3.05, 3.63) is 138 Å². The summed E-state index contributed by atoms with van der Waals surface area (Å²) in [6.45, 7) is 0.529. The van der Waals surface area contributed by atoms with Crippen molar-refractivity contribution in [1.82, 2.24) is 9.55 Å². The normalized spacial score (nSPS) is 11.2. The summed E-state index contributed by atoms with van der Waals surface area (Å²) in [5, 5.41) is 9.77. The van der Waals surface area contributed by atoms with E-state index in [0.29, 0.717) is 17.8 Å². The van der Waals surface area contributed by atoms with Gasteiger partial charge in [0.05, 0.1) is 15.8 Å². The van der Waals surface area contributed by atoms with Gasteiger partial charge >= 0.3 is 24.8 Å². The van der Waals surface area contributed by atoms with Crippen LogP contribution in [0.1, 0.15) is 28.7 Å². The number of carboxylic acids is 1. The van der Waals surface area contributed by atoms with Crippen LogP contribution in [-0.2, 0) is 11.3 Å². The van der Waals surface area contributed by atoms with Crippen molar-refractivity contribution >= 4 is 28.8 Å². The Hall–Kier alpha value is -3.23. The number of carboxylic acid groups (broad SMARTS) is 1. The zero-order valence-corrected chi connectivity index (χ0v) is 20.4. The van der Waals surface area contributed by atoms with E-state index in [-0.39, 0.29) is 26.1 Å². The van der Waals surface area contributed by atoms with Gasteiger partial charge < -0.3 is 11.1 Å². The van der Waals surface area contributed by atoms with E-state index in [1.54, 1.807) is 0 Å². The van der Waals surface area contributed by atoms with E-state index in [1.807, 2.05) is 58.8 Å². The molecule has 0 saturated heterocycles. The Morgan fingerprint density at radius 3 is 1.71 bits per heavy atom. The Bertz CT molecular complexity index is 1320. The predicted octanol–water partition coefficient (Wildman–Crippen LogP) is 3.58. The van der Waals surface area contributed by atoms with Gasteiger partial charge in [-0.2, -0.15) is 0 Å². The number of aryl methyl sites for hydroxylation is 1. The first kappa shape index (κ1) is 24.9. The minimum Gasteiger partial charge on any atom is -1.00 e. The zero-order chi connectivity index (χ0) is 23.4. The summed E-state index contributed by atoms with van der Waals surface area (Å²) in [5.41, 5.74) is 5.10. The fourth-order valence-electron chi connectivity index (χ4n) is 4.52. The van der Waals surface area contributed by atoms with E-state index in [1.165, 1.54) is 16.7 Å². The zero-order valence-electron chi connectivity index (χ0n) is 20.5. The molecule has 1 heterocycles. The first-order valence-corrected chi connectivity index (χ1v) is 12.2. The number of fused-ring (bicyclic) bond motifs is 1. The number of thioether (sulfide) groups is 1. The number of rotatable bonds is 8. The quantitative estimate of drug-likeness (QED) is 0.277. The van der Waals surface area contributed by atoms with E-state index in [0.717, 1.165) is 5.52 Å². The van der Waals surface area contributed by atoms with Crippen molar-refractivity contribution in [1.29, 1.82) is 0 Å². The SMILES string of the molecule is O=C(O)c1nc2ccccc2n1CCSC(c1ccccc1)(c1ccccc1)c1ccccc1.[H-].[Li+]. The average Bonchev–Trinajstić information content (AvgIpc) is 3.27. The van der Waals surface area contributed by atoms with Crippen molar-refractivity contribution < 1.29 is 30.2 Å². The molecule has 0 spiro atoms. The number of para-hydroxylation sites is 2.